The van der Waals surface area contributed by atoms with E-state index in [0.29, 0.717) is 21.8 Å². The number of hydrogen-bond donors (Lipinski definition) is 1. The first kappa shape index (κ1) is 20.4. The monoisotopic (exact) mass is 441 g/mol. The summed E-state index contributed by atoms with van der Waals surface area (Å²) in [6.45, 7) is 0.210. The fraction of sp³-hybridized carbons (Fsp3) is 0.111. The minimum absolute atomic E-state index is 0.210. The van der Waals surface area contributed by atoms with E-state index >= 15 is 0 Å². The SMILES string of the molecule is O=C(C[C@]1(O)C(=O)N(Cc2ccccc2Cl)c2ccccc21)c1ccc2ccccc2c1. The summed E-state index contributed by atoms with van der Waals surface area (Å²) < 4.78 is 0. The second kappa shape index (κ2) is 7.90. The number of rotatable bonds is 5. The van der Waals surface area contributed by atoms with Crippen LogP contribution in [-0.2, 0) is 16.9 Å². The summed E-state index contributed by atoms with van der Waals surface area (Å²) in [7, 11) is 0. The predicted octanol–water partition coefficient (Wildman–Crippen LogP) is 5.50. The zero-order valence-electron chi connectivity index (χ0n) is 17.2. The largest absolute Gasteiger partial charge is 0.375 e. The third-order valence-electron chi connectivity index (χ3n) is 6.01. The van der Waals surface area contributed by atoms with Crippen molar-refractivity contribution in [3.63, 3.8) is 0 Å². The first-order chi connectivity index (χ1) is 15.5. The van der Waals surface area contributed by atoms with E-state index in [-0.39, 0.29) is 18.7 Å². The van der Waals surface area contributed by atoms with Crippen LogP contribution in [0.3, 0.4) is 0 Å². The summed E-state index contributed by atoms with van der Waals surface area (Å²) in [6, 6.07) is 27.5. The Balaban J connectivity index is 1.49. The van der Waals surface area contributed by atoms with Gasteiger partial charge >= 0.3 is 0 Å². The zero-order valence-corrected chi connectivity index (χ0v) is 17.9. The molecule has 5 heteroatoms. The lowest BCUT2D eigenvalue weighted by molar-refractivity contribution is -0.136. The predicted molar refractivity (Wildman–Crippen MR) is 126 cm³/mol. The van der Waals surface area contributed by atoms with Crippen molar-refractivity contribution in [2.24, 2.45) is 0 Å². The van der Waals surface area contributed by atoms with Gasteiger partial charge < -0.3 is 10.0 Å². The third-order valence-corrected chi connectivity index (χ3v) is 6.38. The van der Waals surface area contributed by atoms with Gasteiger partial charge in [-0.3, -0.25) is 9.59 Å². The van der Waals surface area contributed by atoms with Gasteiger partial charge in [-0.25, -0.2) is 0 Å². The average molecular weight is 442 g/mol. The molecule has 5 rings (SSSR count). The molecule has 0 aliphatic carbocycles. The van der Waals surface area contributed by atoms with Gasteiger partial charge in [0.15, 0.2) is 11.4 Å². The van der Waals surface area contributed by atoms with Gasteiger partial charge in [0, 0.05) is 16.1 Å². The molecule has 32 heavy (non-hydrogen) atoms. The lowest BCUT2D eigenvalue weighted by Gasteiger charge is -2.23. The van der Waals surface area contributed by atoms with E-state index in [2.05, 4.69) is 0 Å². The Hall–Kier alpha value is -3.47. The van der Waals surface area contributed by atoms with Crippen LogP contribution >= 0.6 is 11.6 Å². The van der Waals surface area contributed by atoms with Gasteiger partial charge in [0.05, 0.1) is 18.7 Å². The maximum absolute atomic E-state index is 13.5. The number of carbonyl (C=O) groups is 2. The molecule has 1 N–H and O–H groups in total. The molecule has 0 unspecified atom stereocenters. The topological polar surface area (TPSA) is 57.6 Å². The number of carbonyl (C=O) groups excluding carboxylic acids is 2. The van der Waals surface area contributed by atoms with Crippen molar-refractivity contribution in [3.8, 4) is 0 Å². The minimum atomic E-state index is -1.93. The van der Waals surface area contributed by atoms with Crippen LogP contribution in [0.25, 0.3) is 10.8 Å². The Kier molecular flexibility index (Phi) is 5.04. The van der Waals surface area contributed by atoms with E-state index in [0.717, 1.165) is 16.3 Å². The number of aliphatic hydroxyl groups is 1. The summed E-state index contributed by atoms with van der Waals surface area (Å²) in [4.78, 5) is 28.1. The van der Waals surface area contributed by atoms with Gasteiger partial charge in [0.2, 0.25) is 0 Å². The molecule has 1 amide bonds. The number of Topliss-reactive ketones (excluding diaryl/α,β-unsaturated/α-hetero) is 1. The highest BCUT2D eigenvalue weighted by atomic mass is 35.5. The molecular weight excluding hydrogens is 422 g/mol. The molecule has 0 fully saturated rings. The van der Waals surface area contributed by atoms with E-state index in [1.807, 2.05) is 54.6 Å². The first-order valence-electron chi connectivity index (χ1n) is 10.4. The fourth-order valence-electron chi connectivity index (χ4n) is 4.33. The smallest absolute Gasteiger partial charge is 0.264 e. The molecule has 0 saturated carbocycles. The Bertz CT molecular complexity index is 1370. The first-order valence-corrected chi connectivity index (χ1v) is 10.7. The van der Waals surface area contributed by atoms with Crippen molar-refractivity contribution in [1.29, 1.82) is 0 Å². The number of halogens is 1. The molecule has 1 heterocycles. The number of amides is 1. The van der Waals surface area contributed by atoms with Crippen LogP contribution in [-0.4, -0.2) is 16.8 Å². The molecular formula is C27H20ClNO3. The summed E-state index contributed by atoms with van der Waals surface area (Å²) in [6.07, 6.45) is -0.333. The lowest BCUT2D eigenvalue weighted by Crippen LogP contribution is -2.41. The molecule has 0 aromatic heterocycles. The number of benzene rings is 4. The number of para-hydroxylation sites is 1. The van der Waals surface area contributed by atoms with Crippen LogP contribution in [0.2, 0.25) is 5.02 Å². The van der Waals surface area contributed by atoms with E-state index < -0.39 is 11.5 Å². The Morgan fingerprint density at radius 2 is 1.56 bits per heavy atom. The standard InChI is InChI=1S/C27H20ClNO3/c28-23-11-5-3-9-21(23)17-29-24-12-6-4-10-22(24)27(32,26(29)31)16-25(30)20-14-13-18-7-1-2-8-19(18)15-20/h1-15,32H,16-17H2/t27-/m1/s1. The lowest BCUT2D eigenvalue weighted by atomic mass is 9.88. The van der Waals surface area contributed by atoms with Gasteiger partial charge in [0.1, 0.15) is 0 Å². The van der Waals surface area contributed by atoms with Gasteiger partial charge in [-0.2, -0.15) is 0 Å². The van der Waals surface area contributed by atoms with Crippen LogP contribution in [0.1, 0.15) is 27.9 Å². The number of fused-ring (bicyclic) bond motifs is 2. The summed E-state index contributed by atoms with van der Waals surface area (Å²) >= 11 is 6.31. The normalized spacial score (nSPS) is 17.6. The van der Waals surface area contributed by atoms with E-state index in [1.165, 1.54) is 4.90 Å². The third kappa shape index (κ3) is 3.38. The van der Waals surface area contributed by atoms with Crippen molar-refractivity contribution in [2.45, 2.75) is 18.6 Å². The van der Waals surface area contributed by atoms with E-state index in [1.54, 1.807) is 36.4 Å². The Labute approximate surface area is 190 Å². The second-order valence-electron chi connectivity index (χ2n) is 8.02. The van der Waals surface area contributed by atoms with Gasteiger partial charge in [-0.15, -0.1) is 0 Å². The van der Waals surface area contributed by atoms with Crippen molar-refractivity contribution < 1.29 is 14.7 Å². The summed E-state index contributed by atoms with van der Waals surface area (Å²) in [5.74, 6) is -0.811. The molecule has 0 bridgehead atoms. The second-order valence-corrected chi connectivity index (χ2v) is 8.43. The van der Waals surface area contributed by atoms with Crippen molar-refractivity contribution in [1.82, 2.24) is 0 Å². The maximum atomic E-state index is 13.5. The van der Waals surface area contributed by atoms with Crippen LogP contribution in [0.4, 0.5) is 5.69 Å². The van der Waals surface area contributed by atoms with Gasteiger partial charge in [0.25, 0.3) is 5.91 Å². The maximum Gasteiger partial charge on any atom is 0.264 e. The number of anilines is 1. The van der Waals surface area contributed by atoms with Crippen molar-refractivity contribution in [3.05, 3.63) is 113 Å². The highest BCUT2D eigenvalue weighted by molar-refractivity contribution is 6.31. The molecule has 0 saturated heterocycles. The molecule has 1 atom stereocenters. The van der Waals surface area contributed by atoms with E-state index in [4.69, 9.17) is 11.6 Å². The molecule has 4 nitrogen and oxygen atoms in total. The number of ketones is 1. The molecule has 158 valence electrons. The van der Waals surface area contributed by atoms with Crippen LogP contribution < -0.4 is 4.90 Å². The summed E-state index contributed by atoms with van der Waals surface area (Å²) in [5, 5.41) is 14.0. The number of nitrogens with zero attached hydrogens (tertiary/aromatic N) is 1. The molecule has 1 aliphatic rings. The molecule has 4 aromatic rings. The van der Waals surface area contributed by atoms with Crippen LogP contribution in [0.5, 0.6) is 0 Å². The zero-order chi connectivity index (χ0) is 22.3. The van der Waals surface area contributed by atoms with Crippen molar-refractivity contribution in [2.75, 3.05) is 4.90 Å². The van der Waals surface area contributed by atoms with Crippen LogP contribution in [0, 0.1) is 0 Å². The van der Waals surface area contributed by atoms with Crippen LogP contribution in [0.15, 0.2) is 91.0 Å². The Morgan fingerprint density at radius 3 is 2.38 bits per heavy atom. The number of hydrogen-bond acceptors (Lipinski definition) is 3. The molecule has 1 aliphatic heterocycles. The average Bonchev–Trinajstić information content (AvgIpc) is 3.02. The fourth-order valence-corrected chi connectivity index (χ4v) is 4.52. The molecule has 4 aromatic carbocycles. The van der Waals surface area contributed by atoms with E-state index in [9.17, 15) is 14.7 Å². The van der Waals surface area contributed by atoms with Crippen molar-refractivity contribution >= 4 is 39.8 Å². The quantitative estimate of drug-likeness (QED) is 0.416. The highest BCUT2D eigenvalue weighted by Gasteiger charge is 2.50. The minimum Gasteiger partial charge on any atom is -0.375 e. The molecule has 0 spiro atoms. The van der Waals surface area contributed by atoms with Gasteiger partial charge in [-0.05, 0) is 34.5 Å². The summed E-state index contributed by atoms with van der Waals surface area (Å²) in [5.41, 5.74) is 0.326. The highest BCUT2D eigenvalue weighted by Crippen LogP contribution is 2.44. The molecule has 0 radical (unpaired) electrons. The van der Waals surface area contributed by atoms with Gasteiger partial charge in [-0.1, -0.05) is 84.4 Å². The Morgan fingerprint density at radius 1 is 0.875 bits per heavy atom.